The Morgan fingerprint density at radius 2 is 1.79 bits per heavy atom. The minimum absolute atomic E-state index is 0.00563. The van der Waals surface area contributed by atoms with Crippen LogP contribution in [0, 0.1) is 0 Å². The van der Waals surface area contributed by atoms with Crippen molar-refractivity contribution in [3.63, 3.8) is 0 Å². The lowest BCUT2D eigenvalue weighted by molar-refractivity contribution is -0.135. The first-order valence-corrected chi connectivity index (χ1v) is 4.28. The van der Waals surface area contributed by atoms with Crippen molar-refractivity contribution in [1.29, 1.82) is 0 Å². The highest BCUT2D eigenvalue weighted by Crippen LogP contribution is 2.13. The molecule has 0 unspecified atom stereocenters. The Morgan fingerprint density at radius 3 is 2.21 bits per heavy atom. The number of rotatable bonds is 3. The minimum atomic E-state index is -0.705. The molecule has 0 radical (unpaired) electrons. The Bertz CT molecular complexity index is 278. The van der Waals surface area contributed by atoms with Gasteiger partial charge >= 0.3 is 11.8 Å². The van der Waals surface area contributed by atoms with Crippen LogP contribution >= 0.6 is 0 Å². The highest BCUT2D eigenvalue weighted by Gasteiger charge is 2.27. The van der Waals surface area contributed by atoms with Crippen LogP contribution in [0.4, 0.5) is 0 Å². The lowest BCUT2D eigenvalue weighted by Gasteiger charge is -2.18. The fourth-order valence-electron chi connectivity index (χ4n) is 1.05. The maximum atomic E-state index is 10.8. The van der Waals surface area contributed by atoms with Gasteiger partial charge in [0.15, 0.2) is 0 Å². The number of carbonyl (C=O) groups is 2. The Morgan fingerprint density at radius 1 is 1.29 bits per heavy atom. The average Bonchev–Trinajstić information content (AvgIpc) is 2.29. The third kappa shape index (κ3) is 2.53. The van der Waals surface area contributed by atoms with E-state index in [0.717, 1.165) is 0 Å². The predicted molar refractivity (Wildman–Crippen MR) is 49.5 cm³/mol. The number of guanidine groups is 1. The van der Waals surface area contributed by atoms with E-state index in [2.05, 4.69) is 15.6 Å². The highest BCUT2D eigenvalue weighted by molar-refractivity contribution is 6.45. The number of carbonyl (C=O) groups excluding carboxylic acids is 2. The molecule has 1 fully saturated rings. The van der Waals surface area contributed by atoms with Crippen molar-refractivity contribution in [2.24, 2.45) is 4.99 Å². The van der Waals surface area contributed by atoms with Gasteiger partial charge in [-0.05, 0) is 20.3 Å². The molecule has 3 N–H and O–H groups in total. The molecular weight excluding hydrogens is 186 g/mol. The van der Waals surface area contributed by atoms with Crippen LogP contribution in [0.1, 0.15) is 20.3 Å². The van der Waals surface area contributed by atoms with Crippen LogP contribution in [0.3, 0.4) is 0 Å². The quantitative estimate of drug-likeness (QED) is 0.496. The molecule has 6 nitrogen and oxygen atoms in total. The molecule has 0 aromatic carbocycles. The molecule has 0 aliphatic carbocycles. The van der Waals surface area contributed by atoms with Crippen LogP contribution in [-0.4, -0.2) is 35.0 Å². The second-order valence-corrected chi connectivity index (χ2v) is 3.65. The van der Waals surface area contributed by atoms with Crippen molar-refractivity contribution in [2.75, 3.05) is 6.61 Å². The van der Waals surface area contributed by atoms with Crippen LogP contribution in [0.25, 0.3) is 0 Å². The first-order valence-electron chi connectivity index (χ1n) is 4.28. The molecule has 0 atom stereocenters. The third-order valence-electron chi connectivity index (χ3n) is 1.81. The molecule has 78 valence electrons. The van der Waals surface area contributed by atoms with Gasteiger partial charge in [0.05, 0.1) is 5.54 Å². The van der Waals surface area contributed by atoms with Gasteiger partial charge in [-0.3, -0.25) is 20.2 Å². The van der Waals surface area contributed by atoms with E-state index >= 15 is 0 Å². The zero-order valence-electron chi connectivity index (χ0n) is 8.13. The molecule has 1 heterocycles. The standard InChI is InChI=1S/C8H13N3O3/c1-8(2,3-4-12)11-7-9-5(13)6(14)10-7/h12H,3-4H2,1-2H3,(H2,9,10,11,13,14). The number of aliphatic imine (C=N–C) groups is 1. The zero-order valence-corrected chi connectivity index (χ0v) is 8.13. The molecule has 0 saturated carbocycles. The first kappa shape index (κ1) is 10.6. The lowest BCUT2D eigenvalue weighted by atomic mass is 10.0. The van der Waals surface area contributed by atoms with Gasteiger partial charge in [0.2, 0.25) is 5.96 Å². The van der Waals surface area contributed by atoms with E-state index in [0.29, 0.717) is 6.42 Å². The fourth-order valence-corrected chi connectivity index (χ4v) is 1.05. The molecule has 1 aliphatic rings. The van der Waals surface area contributed by atoms with E-state index in [9.17, 15) is 9.59 Å². The number of hydrogen-bond acceptors (Lipinski definition) is 4. The molecule has 0 aromatic rings. The van der Waals surface area contributed by atoms with Crippen molar-refractivity contribution in [2.45, 2.75) is 25.8 Å². The van der Waals surface area contributed by atoms with Crippen LogP contribution in [0.2, 0.25) is 0 Å². The van der Waals surface area contributed by atoms with E-state index in [4.69, 9.17) is 5.11 Å². The molecule has 0 spiro atoms. The van der Waals surface area contributed by atoms with Gasteiger partial charge in [0, 0.05) is 6.61 Å². The van der Waals surface area contributed by atoms with Gasteiger partial charge in [-0.25, -0.2) is 4.99 Å². The number of nitrogens with zero attached hydrogens (tertiary/aromatic N) is 1. The largest absolute Gasteiger partial charge is 0.396 e. The van der Waals surface area contributed by atoms with Gasteiger partial charge in [0.1, 0.15) is 0 Å². The smallest absolute Gasteiger partial charge is 0.316 e. The van der Waals surface area contributed by atoms with E-state index in [1.165, 1.54) is 0 Å². The van der Waals surface area contributed by atoms with E-state index in [1.807, 2.05) is 0 Å². The number of aliphatic hydroxyl groups excluding tert-OH is 1. The number of nitrogens with one attached hydrogen (secondary N) is 2. The number of hydrogen-bond donors (Lipinski definition) is 3. The van der Waals surface area contributed by atoms with Crippen molar-refractivity contribution in [3.05, 3.63) is 0 Å². The predicted octanol–water partition coefficient (Wildman–Crippen LogP) is -1.25. The molecule has 1 aliphatic heterocycles. The topological polar surface area (TPSA) is 90.8 Å². The minimum Gasteiger partial charge on any atom is -0.396 e. The summed E-state index contributed by atoms with van der Waals surface area (Å²) in [6.07, 6.45) is 0.461. The van der Waals surface area contributed by atoms with Gasteiger partial charge in [-0.15, -0.1) is 0 Å². The lowest BCUT2D eigenvalue weighted by Crippen LogP contribution is -2.31. The second-order valence-electron chi connectivity index (χ2n) is 3.65. The number of aliphatic hydroxyl groups is 1. The van der Waals surface area contributed by atoms with Crippen LogP contribution in [0.15, 0.2) is 4.99 Å². The van der Waals surface area contributed by atoms with Crippen molar-refractivity contribution in [3.8, 4) is 0 Å². The first-order chi connectivity index (χ1) is 6.44. The second kappa shape index (κ2) is 3.75. The van der Waals surface area contributed by atoms with Gasteiger partial charge < -0.3 is 5.11 Å². The Hall–Kier alpha value is -1.43. The maximum absolute atomic E-state index is 10.8. The summed E-state index contributed by atoms with van der Waals surface area (Å²) < 4.78 is 0. The normalized spacial score (nSPS) is 16.6. The molecule has 1 saturated heterocycles. The molecule has 1 rings (SSSR count). The summed E-state index contributed by atoms with van der Waals surface area (Å²) in [7, 11) is 0. The Labute approximate surface area is 81.4 Å². The molecule has 14 heavy (non-hydrogen) atoms. The van der Waals surface area contributed by atoms with Gasteiger partial charge in [-0.1, -0.05) is 0 Å². The molecule has 2 amide bonds. The van der Waals surface area contributed by atoms with Crippen molar-refractivity contribution < 1.29 is 14.7 Å². The van der Waals surface area contributed by atoms with Gasteiger partial charge in [-0.2, -0.15) is 0 Å². The highest BCUT2D eigenvalue weighted by atomic mass is 16.3. The van der Waals surface area contributed by atoms with Crippen LogP contribution in [0.5, 0.6) is 0 Å². The summed E-state index contributed by atoms with van der Waals surface area (Å²) in [5.74, 6) is -1.26. The van der Waals surface area contributed by atoms with Crippen LogP contribution in [-0.2, 0) is 9.59 Å². The van der Waals surface area contributed by atoms with E-state index < -0.39 is 17.4 Å². The molecule has 0 bridgehead atoms. The summed E-state index contributed by atoms with van der Waals surface area (Å²) in [6.45, 7) is 3.60. The van der Waals surface area contributed by atoms with Gasteiger partial charge in [0.25, 0.3) is 0 Å². The average molecular weight is 199 g/mol. The number of amides is 2. The summed E-state index contributed by atoms with van der Waals surface area (Å²) in [5.41, 5.74) is -0.505. The van der Waals surface area contributed by atoms with E-state index in [1.54, 1.807) is 13.8 Å². The van der Waals surface area contributed by atoms with Crippen molar-refractivity contribution >= 4 is 17.8 Å². The Balaban J connectivity index is 2.70. The van der Waals surface area contributed by atoms with Crippen molar-refractivity contribution in [1.82, 2.24) is 10.6 Å². The summed E-state index contributed by atoms with van der Waals surface area (Å²) in [4.78, 5) is 25.6. The Kier molecular flexibility index (Phi) is 2.85. The van der Waals surface area contributed by atoms with E-state index in [-0.39, 0.29) is 12.6 Å². The summed E-state index contributed by atoms with van der Waals surface area (Å²) in [5, 5.41) is 13.3. The SMILES string of the molecule is CC(C)(CCO)N=C1NC(=O)C(=O)N1. The third-order valence-corrected chi connectivity index (χ3v) is 1.81. The molecular formula is C8H13N3O3. The molecule has 6 heteroatoms. The zero-order chi connectivity index (χ0) is 10.8. The van der Waals surface area contributed by atoms with Crippen LogP contribution < -0.4 is 10.6 Å². The summed E-state index contributed by atoms with van der Waals surface area (Å²) in [6, 6.07) is 0. The molecule has 0 aromatic heterocycles. The monoisotopic (exact) mass is 199 g/mol. The summed E-state index contributed by atoms with van der Waals surface area (Å²) >= 11 is 0. The fraction of sp³-hybridized carbons (Fsp3) is 0.625. The maximum Gasteiger partial charge on any atom is 0.316 e.